The first kappa shape index (κ1) is 20.1. The largest absolute Gasteiger partial charge is 0.370 e. The molecule has 0 unspecified atom stereocenters. The van der Waals surface area contributed by atoms with E-state index in [-0.39, 0.29) is 30.3 Å². The second-order valence-corrected chi connectivity index (χ2v) is 8.16. The molecule has 3 heterocycles. The lowest BCUT2D eigenvalue weighted by Crippen LogP contribution is -2.45. The molecule has 0 radical (unpaired) electrons. The third kappa shape index (κ3) is 3.79. The number of pyridine rings is 1. The Morgan fingerprint density at radius 1 is 1.20 bits per heavy atom. The van der Waals surface area contributed by atoms with Crippen LogP contribution in [-0.2, 0) is 4.79 Å². The molecular weight excluding hydrogens is 378 g/mol. The summed E-state index contributed by atoms with van der Waals surface area (Å²) >= 11 is 0. The molecule has 156 valence electrons. The Labute approximate surface area is 175 Å². The van der Waals surface area contributed by atoms with E-state index in [2.05, 4.69) is 5.10 Å². The predicted octanol–water partition coefficient (Wildman–Crippen LogP) is 3.55. The summed E-state index contributed by atoms with van der Waals surface area (Å²) in [7, 11) is 0. The molecule has 2 amide bonds. The summed E-state index contributed by atoms with van der Waals surface area (Å²) in [5.41, 5.74) is 8.39. The van der Waals surface area contributed by atoms with Gasteiger partial charge in [0.15, 0.2) is 5.65 Å². The van der Waals surface area contributed by atoms with Crippen LogP contribution in [0.25, 0.3) is 22.3 Å². The first-order chi connectivity index (χ1) is 14.5. The molecule has 3 aromatic rings. The van der Waals surface area contributed by atoms with Crippen LogP contribution >= 0.6 is 0 Å². The highest BCUT2D eigenvalue weighted by molar-refractivity contribution is 6.06. The minimum absolute atomic E-state index is 0.0890. The van der Waals surface area contributed by atoms with Crippen molar-refractivity contribution in [2.75, 3.05) is 6.54 Å². The fourth-order valence-electron chi connectivity index (χ4n) is 4.20. The van der Waals surface area contributed by atoms with Gasteiger partial charge in [-0.3, -0.25) is 9.59 Å². The number of nitrogens with two attached hydrogens (primary N) is 1. The molecule has 1 aliphatic rings. The maximum Gasteiger partial charge on any atom is 0.255 e. The molecule has 2 N–H and O–H groups in total. The quantitative estimate of drug-likeness (QED) is 0.702. The van der Waals surface area contributed by atoms with E-state index in [1.54, 1.807) is 6.20 Å². The number of fused-ring (bicyclic) bond motifs is 1. The average Bonchev–Trinajstić information content (AvgIpc) is 3.17. The van der Waals surface area contributed by atoms with E-state index in [0.717, 1.165) is 35.9 Å². The number of carbonyl (C=O) groups is 2. The first-order valence-corrected chi connectivity index (χ1v) is 10.5. The molecule has 1 aliphatic heterocycles. The minimum Gasteiger partial charge on any atom is -0.370 e. The molecule has 0 saturated carbocycles. The van der Waals surface area contributed by atoms with Crippen LogP contribution in [0.2, 0.25) is 0 Å². The van der Waals surface area contributed by atoms with E-state index in [9.17, 15) is 9.59 Å². The van der Waals surface area contributed by atoms with Crippen LogP contribution in [0.3, 0.4) is 0 Å². The van der Waals surface area contributed by atoms with Crippen molar-refractivity contribution in [1.82, 2.24) is 19.7 Å². The lowest BCUT2D eigenvalue weighted by atomic mass is 9.97. The van der Waals surface area contributed by atoms with Gasteiger partial charge >= 0.3 is 0 Å². The number of piperidine rings is 1. The van der Waals surface area contributed by atoms with Crippen LogP contribution in [0.4, 0.5) is 0 Å². The number of likely N-dealkylation sites (tertiary alicyclic amines) is 1. The minimum atomic E-state index is -0.378. The highest BCUT2D eigenvalue weighted by atomic mass is 16.2. The number of primary amides is 1. The van der Waals surface area contributed by atoms with E-state index in [1.165, 1.54) is 0 Å². The highest BCUT2D eigenvalue weighted by Gasteiger charge is 2.30. The van der Waals surface area contributed by atoms with Crippen LogP contribution in [0.5, 0.6) is 0 Å². The van der Waals surface area contributed by atoms with Crippen molar-refractivity contribution >= 4 is 22.8 Å². The second kappa shape index (κ2) is 8.26. The maximum atomic E-state index is 13.7. The molecule has 0 bridgehead atoms. The monoisotopic (exact) mass is 405 g/mol. The van der Waals surface area contributed by atoms with Gasteiger partial charge in [-0.2, -0.15) is 5.10 Å². The number of amides is 2. The number of hydrogen-bond donors (Lipinski definition) is 1. The summed E-state index contributed by atoms with van der Waals surface area (Å²) < 4.78 is 1.84. The van der Waals surface area contributed by atoms with E-state index < -0.39 is 0 Å². The molecule has 4 rings (SSSR count). The topological polar surface area (TPSA) is 94.1 Å². The van der Waals surface area contributed by atoms with Gasteiger partial charge in [0.25, 0.3) is 5.91 Å². The SMILES string of the molecule is CC(C)n1ncc2c(C(=O)N3CCCC[C@H]3CC(N)=O)cc(-c3ccccc3)nc21. The lowest BCUT2D eigenvalue weighted by Gasteiger charge is -2.35. The molecule has 30 heavy (non-hydrogen) atoms. The smallest absolute Gasteiger partial charge is 0.255 e. The Bertz CT molecular complexity index is 1070. The van der Waals surface area contributed by atoms with Gasteiger partial charge in [0.1, 0.15) is 0 Å². The number of hydrogen-bond acceptors (Lipinski definition) is 4. The average molecular weight is 406 g/mol. The van der Waals surface area contributed by atoms with Gasteiger partial charge in [0, 0.05) is 30.6 Å². The third-order valence-electron chi connectivity index (χ3n) is 5.68. The van der Waals surface area contributed by atoms with Gasteiger partial charge < -0.3 is 10.6 Å². The summed E-state index contributed by atoms with van der Waals surface area (Å²) in [6.45, 7) is 4.70. The van der Waals surface area contributed by atoms with E-state index >= 15 is 0 Å². The van der Waals surface area contributed by atoms with Gasteiger partial charge in [0.2, 0.25) is 5.91 Å². The van der Waals surface area contributed by atoms with Crippen molar-refractivity contribution in [2.24, 2.45) is 5.73 Å². The van der Waals surface area contributed by atoms with E-state index in [4.69, 9.17) is 10.7 Å². The Morgan fingerprint density at radius 3 is 2.67 bits per heavy atom. The Morgan fingerprint density at radius 2 is 1.97 bits per heavy atom. The molecule has 0 spiro atoms. The Balaban J connectivity index is 1.84. The molecule has 0 aliphatic carbocycles. The van der Waals surface area contributed by atoms with Crippen LogP contribution in [-0.4, -0.2) is 44.1 Å². The normalized spacial score (nSPS) is 16.9. The number of aromatic nitrogens is 3. The van der Waals surface area contributed by atoms with Crippen LogP contribution < -0.4 is 5.73 Å². The molecular formula is C23H27N5O2. The highest BCUT2D eigenvalue weighted by Crippen LogP contribution is 2.29. The number of benzene rings is 1. The zero-order valence-corrected chi connectivity index (χ0v) is 17.4. The van der Waals surface area contributed by atoms with Crippen molar-refractivity contribution < 1.29 is 9.59 Å². The molecule has 2 aromatic heterocycles. The summed E-state index contributed by atoms with van der Waals surface area (Å²) in [6.07, 6.45) is 4.62. The van der Waals surface area contributed by atoms with Crippen molar-refractivity contribution in [1.29, 1.82) is 0 Å². The molecule has 1 fully saturated rings. The number of rotatable bonds is 5. The predicted molar refractivity (Wildman–Crippen MR) is 116 cm³/mol. The first-order valence-electron chi connectivity index (χ1n) is 10.5. The summed E-state index contributed by atoms with van der Waals surface area (Å²) in [6, 6.07) is 11.6. The lowest BCUT2D eigenvalue weighted by molar-refractivity contribution is -0.119. The Hall–Kier alpha value is -3.22. The van der Waals surface area contributed by atoms with E-state index in [1.807, 2.05) is 59.8 Å². The zero-order chi connectivity index (χ0) is 21.3. The van der Waals surface area contributed by atoms with Gasteiger partial charge in [-0.1, -0.05) is 30.3 Å². The molecule has 1 aromatic carbocycles. The summed E-state index contributed by atoms with van der Waals surface area (Å²) in [5, 5.41) is 5.23. The molecule has 1 atom stereocenters. The van der Waals surface area contributed by atoms with Crippen molar-refractivity contribution in [3.63, 3.8) is 0 Å². The second-order valence-electron chi connectivity index (χ2n) is 8.16. The van der Waals surface area contributed by atoms with Crippen molar-refractivity contribution in [2.45, 2.75) is 51.6 Å². The van der Waals surface area contributed by atoms with E-state index in [0.29, 0.717) is 17.8 Å². The van der Waals surface area contributed by atoms with Crippen LogP contribution in [0.15, 0.2) is 42.6 Å². The Kier molecular flexibility index (Phi) is 5.53. The maximum absolute atomic E-state index is 13.7. The van der Waals surface area contributed by atoms with Gasteiger partial charge in [-0.25, -0.2) is 9.67 Å². The number of carbonyl (C=O) groups excluding carboxylic acids is 2. The fourth-order valence-corrected chi connectivity index (χ4v) is 4.20. The van der Waals surface area contributed by atoms with Crippen LogP contribution in [0.1, 0.15) is 55.9 Å². The summed E-state index contributed by atoms with van der Waals surface area (Å²) in [5.74, 6) is -0.467. The van der Waals surface area contributed by atoms with Gasteiger partial charge in [-0.05, 0) is 39.2 Å². The van der Waals surface area contributed by atoms with Crippen molar-refractivity contribution in [3.8, 4) is 11.3 Å². The molecule has 1 saturated heterocycles. The zero-order valence-electron chi connectivity index (χ0n) is 17.4. The third-order valence-corrected chi connectivity index (χ3v) is 5.68. The fraction of sp³-hybridized carbons (Fsp3) is 0.391. The molecule has 7 heteroatoms. The van der Waals surface area contributed by atoms with Gasteiger partial charge in [-0.15, -0.1) is 0 Å². The van der Waals surface area contributed by atoms with Gasteiger partial charge in [0.05, 0.1) is 22.8 Å². The summed E-state index contributed by atoms with van der Waals surface area (Å²) in [4.78, 5) is 31.9. The van der Waals surface area contributed by atoms with Crippen molar-refractivity contribution in [3.05, 3.63) is 48.2 Å². The standard InChI is InChI=1S/C23H27N5O2/c1-15(2)28-22-19(14-25-28)18(13-20(26-22)16-8-4-3-5-9-16)23(30)27-11-7-6-10-17(27)12-21(24)29/h3-5,8-9,13-15,17H,6-7,10-12H2,1-2H3,(H2,24,29)/t17-/m0/s1. The number of nitrogens with zero attached hydrogens (tertiary/aromatic N) is 4. The van der Waals surface area contributed by atoms with Crippen LogP contribution in [0, 0.1) is 0 Å². The molecule has 7 nitrogen and oxygen atoms in total.